The molecule has 0 bridgehead atoms. The minimum absolute atomic E-state index is 0.0149. The van der Waals surface area contributed by atoms with Crippen LogP contribution in [0.15, 0.2) is 24.3 Å². The average molecular weight is 363 g/mol. The zero-order valence-electron chi connectivity index (χ0n) is 14.9. The number of halogens is 1. The number of hydrazine groups is 1. The predicted molar refractivity (Wildman–Crippen MR) is 95.0 cm³/mol. The number of nitrogens with one attached hydrogen (secondary N) is 3. The molecule has 2 rings (SSSR count). The Morgan fingerprint density at radius 3 is 2.19 bits per heavy atom. The minimum Gasteiger partial charge on any atom is -0.352 e. The van der Waals surface area contributed by atoms with Gasteiger partial charge in [0.1, 0.15) is 5.82 Å². The van der Waals surface area contributed by atoms with Crippen LogP contribution in [0.4, 0.5) is 4.39 Å². The van der Waals surface area contributed by atoms with Gasteiger partial charge >= 0.3 is 0 Å². The third-order valence-corrected chi connectivity index (χ3v) is 4.52. The quantitative estimate of drug-likeness (QED) is 0.650. The smallest absolute Gasteiger partial charge is 0.238 e. The van der Waals surface area contributed by atoms with Crippen LogP contribution in [0.2, 0.25) is 0 Å². The number of hydrogen-bond acceptors (Lipinski definition) is 3. The molecule has 7 heteroatoms. The molecule has 142 valence electrons. The summed E-state index contributed by atoms with van der Waals surface area (Å²) in [7, 11) is 0. The van der Waals surface area contributed by atoms with E-state index in [0.717, 1.165) is 31.2 Å². The van der Waals surface area contributed by atoms with Gasteiger partial charge in [-0.2, -0.15) is 0 Å². The van der Waals surface area contributed by atoms with Gasteiger partial charge in [0.15, 0.2) is 0 Å². The Morgan fingerprint density at radius 2 is 1.50 bits per heavy atom. The van der Waals surface area contributed by atoms with Crippen LogP contribution in [0.1, 0.15) is 56.9 Å². The summed E-state index contributed by atoms with van der Waals surface area (Å²) in [6, 6.07) is 5.82. The second kappa shape index (κ2) is 10.5. The van der Waals surface area contributed by atoms with Gasteiger partial charge in [-0.25, -0.2) is 4.39 Å². The van der Waals surface area contributed by atoms with Gasteiger partial charge in [0.2, 0.25) is 17.7 Å². The van der Waals surface area contributed by atoms with E-state index in [9.17, 15) is 18.8 Å². The van der Waals surface area contributed by atoms with Gasteiger partial charge in [0, 0.05) is 25.8 Å². The van der Waals surface area contributed by atoms with E-state index >= 15 is 0 Å². The van der Waals surface area contributed by atoms with Crippen molar-refractivity contribution >= 4 is 17.7 Å². The molecule has 26 heavy (non-hydrogen) atoms. The lowest BCUT2D eigenvalue weighted by Gasteiger charge is -2.20. The van der Waals surface area contributed by atoms with Crippen LogP contribution in [0.5, 0.6) is 0 Å². The normalized spacial score (nSPS) is 14.5. The fourth-order valence-corrected chi connectivity index (χ4v) is 3.02. The van der Waals surface area contributed by atoms with Crippen LogP contribution in [-0.2, 0) is 20.9 Å². The lowest BCUT2D eigenvalue weighted by atomic mass is 9.87. The molecule has 0 heterocycles. The SMILES string of the molecule is O=C(CCC(=O)NNC(=O)CC1CCCCC1)NCc1ccc(F)cc1. The molecule has 1 aliphatic rings. The lowest BCUT2D eigenvalue weighted by Crippen LogP contribution is -2.42. The molecule has 0 unspecified atom stereocenters. The van der Waals surface area contributed by atoms with Crippen LogP contribution in [0.3, 0.4) is 0 Å². The predicted octanol–water partition coefficient (Wildman–Crippen LogP) is 2.34. The Balaban J connectivity index is 1.56. The first-order chi connectivity index (χ1) is 12.5. The van der Waals surface area contributed by atoms with E-state index in [1.165, 1.54) is 18.6 Å². The summed E-state index contributed by atoms with van der Waals surface area (Å²) < 4.78 is 12.8. The van der Waals surface area contributed by atoms with Crippen LogP contribution >= 0.6 is 0 Å². The van der Waals surface area contributed by atoms with Gasteiger partial charge < -0.3 is 5.32 Å². The maximum Gasteiger partial charge on any atom is 0.238 e. The second-order valence-corrected chi connectivity index (χ2v) is 6.71. The van der Waals surface area contributed by atoms with Crippen molar-refractivity contribution in [2.24, 2.45) is 5.92 Å². The molecule has 3 N–H and O–H groups in total. The molecule has 1 saturated carbocycles. The van der Waals surface area contributed by atoms with Gasteiger partial charge in [0.25, 0.3) is 0 Å². The Kier molecular flexibility index (Phi) is 8.05. The molecule has 0 aromatic heterocycles. The molecule has 1 aliphatic carbocycles. The Bertz CT molecular complexity index is 613. The highest BCUT2D eigenvalue weighted by atomic mass is 19.1. The largest absolute Gasteiger partial charge is 0.352 e. The van der Waals surface area contributed by atoms with Crippen molar-refractivity contribution < 1.29 is 18.8 Å². The Labute approximate surface area is 152 Å². The number of amides is 3. The molecule has 3 amide bonds. The minimum atomic E-state index is -0.404. The van der Waals surface area contributed by atoms with Crippen LogP contribution in [0, 0.1) is 11.7 Å². The number of carbonyl (C=O) groups excluding carboxylic acids is 3. The topological polar surface area (TPSA) is 87.3 Å². The first-order valence-corrected chi connectivity index (χ1v) is 9.12. The summed E-state index contributed by atoms with van der Waals surface area (Å²) in [6.45, 7) is 0.277. The van der Waals surface area contributed by atoms with Gasteiger partial charge in [-0.1, -0.05) is 31.4 Å². The summed E-state index contributed by atoms with van der Waals surface area (Å²) in [5.41, 5.74) is 5.54. The van der Waals surface area contributed by atoms with Gasteiger partial charge in [-0.05, 0) is 36.5 Å². The summed E-state index contributed by atoms with van der Waals surface area (Å²) in [5.74, 6) is -0.803. The van der Waals surface area contributed by atoms with Crippen molar-refractivity contribution in [3.05, 3.63) is 35.6 Å². The van der Waals surface area contributed by atoms with Crippen molar-refractivity contribution in [1.29, 1.82) is 0 Å². The van der Waals surface area contributed by atoms with Crippen molar-refractivity contribution in [2.75, 3.05) is 0 Å². The molecule has 0 aliphatic heterocycles. The molecule has 1 aromatic rings. The number of hydrogen-bond donors (Lipinski definition) is 3. The van der Waals surface area contributed by atoms with Crippen LogP contribution in [-0.4, -0.2) is 17.7 Å². The molecule has 0 atom stereocenters. The Morgan fingerprint density at radius 1 is 0.885 bits per heavy atom. The third kappa shape index (κ3) is 7.63. The van der Waals surface area contributed by atoms with E-state index in [-0.39, 0.29) is 37.0 Å². The molecule has 1 aromatic carbocycles. The maximum atomic E-state index is 12.8. The van der Waals surface area contributed by atoms with Crippen molar-refractivity contribution in [2.45, 2.75) is 57.9 Å². The molecule has 0 spiro atoms. The van der Waals surface area contributed by atoms with Gasteiger partial charge in [-0.15, -0.1) is 0 Å². The van der Waals surface area contributed by atoms with E-state index in [0.29, 0.717) is 12.3 Å². The number of carbonyl (C=O) groups is 3. The molecule has 6 nitrogen and oxygen atoms in total. The Hall–Kier alpha value is -2.44. The highest BCUT2D eigenvalue weighted by molar-refractivity contribution is 5.85. The zero-order valence-corrected chi connectivity index (χ0v) is 14.9. The van der Waals surface area contributed by atoms with Crippen LogP contribution in [0.25, 0.3) is 0 Å². The lowest BCUT2D eigenvalue weighted by molar-refractivity contribution is -0.130. The third-order valence-electron chi connectivity index (χ3n) is 4.52. The average Bonchev–Trinajstić information content (AvgIpc) is 2.65. The molecule has 0 saturated heterocycles. The van der Waals surface area contributed by atoms with Crippen molar-refractivity contribution in [3.8, 4) is 0 Å². The molecular weight excluding hydrogens is 337 g/mol. The van der Waals surface area contributed by atoms with Crippen LogP contribution < -0.4 is 16.2 Å². The van der Waals surface area contributed by atoms with E-state index < -0.39 is 5.91 Å². The van der Waals surface area contributed by atoms with Gasteiger partial charge in [0.05, 0.1) is 0 Å². The van der Waals surface area contributed by atoms with E-state index in [2.05, 4.69) is 16.2 Å². The molecule has 0 radical (unpaired) electrons. The first kappa shape index (κ1) is 19.9. The highest BCUT2D eigenvalue weighted by Crippen LogP contribution is 2.25. The zero-order chi connectivity index (χ0) is 18.8. The van der Waals surface area contributed by atoms with E-state index in [1.54, 1.807) is 12.1 Å². The fraction of sp³-hybridized carbons (Fsp3) is 0.526. The summed E-state index contributed by atoms with van der Waals surface area (Å²) in [6.07, 6.45) is 6.13. The maximum absolute atomic E-state index is 12.8. The van der Waals surface area contributed by atoms with Crippen molar-refractivity contribution in [1.82, 2.24) is 16.2 Å². The van der Waals surface area contributed by atoms with E-state index in [4.69, 9.17) is 0 Å². The summed E-state index contributed by atoms with van der Waals surface area (Å²) >= 11 is 0. The standard InChI is InChI=1S/C19H26FN3O3/c20-16-8-6-15(7-9-16)13-21-17(24)10-11-18(25)22-23-19(26)12-14-4-2-1-3-5-14/h6-9,14H,1-5,10-13H2,(H,21,24)(H,22,25)(H,23,26). The van der Waals surface area contributed by atoms with Gasteiger partial charge in [-0.3, -0.25) is 25.2 Å². The molecule has 1 fully saturated rings. The first-order valence-electron chi connectivity index (χ1n) is 9.12. The molecular formula is C19H26FN3O3. The second-order valence-electron chi connectivity index (χ2n) is 6.71. The number of benzene rings is 1. The number of rotatable bonds is 7. The monoisotopic (exact) mass is 363 g/mol. The fourth-order valence-electron chi connectivity index (χ4n) is 3.02. The summed E-state index contributed by atoms with van der Waals surface area (Å²) in [5, 5.41) is 2.66. The van der Waals surface area contributed by atoms with Crippen molar-refractivity contribution in [3.63, 3.8) is 0 Å². The highest BCUT2D eigenvalue weighted by Gasteiger charge is 2.17. The van der Waals surface area contributed by atoms with E-state index in [1.807, 2.05) is 0 Å². The summed E-state index contributed by atoms with van der Waals surface area (Å²) in [4.78, 5) is 35.2.